The topological polar surface area (TPSA) is 47.9 Å². The Balaban J connectivity index is 2.55. The first-order valence-corrected chi connectivity index (χ1v) is 7.72. The molecule has 0 bridgehead atoms. The van der Waals surface area contributed by atoms with Crippen LogP contribution in [0.25, 0.3) is 0 Å². The van der Waals surface area contributed by atoms with Crippen LogP contribution in [0.5, 0.6) is 0 Å². The van der Waals surface area contributed by atoms with Gasteiger partial charge in [0.05, 0.1) is 0 Å². The van der Waals surface area contributed by atoms with E-state index in [1.165, 1.54) is 5.57 Å². The minimum atomic E-state index is -0.271. The quantitative estimate of drug-likeness (QED) is 0.542. The van der Waals surface area contributed by atoms with Crippen LogP contribution < -0.4 is 10.6 Å². The molecule has 0 spiro atoms. The molecule has 2 aliphatic rings. The fourth-order valence-corrected chi connectivity index (χ4v) is 2.91. The van der Waals surface area contributed by atoms with Gasteiger partial charge in [0.1, 0.15) is 5.84 Å². The van der Waals surface area contributed by atoms with Crippen LogP contribution in [0.4, 0.5) is 0 Å². The molecule has 0 saturated carbocycles. The van der Waals surface area contributed by atoms with E-state index in [0.29, 0.717) is 5.84 Å². The van der Waals surface area contributed by atoms with Gasteiger partial charge in [-0.3, -0.25) is 5.41 Å². The first-order chi connectivity index (χ1) is 10.9. The van der Waals surface area contributed by atoms with Gasteiger partial charge in [-0.1, -0.05) is 50.0 Å². The first kappa shape index (κ1) is 16.8. The minimum absolute atomic E-state index is 0.271. The van der Waals surface area contributed by atoms with Crippen molar-refractivity contribution < 1.29 is 0 Å². The molecule has 0 aromatic carbocycles. The fraction of sp³-hybridized carbons (Fsp3) is 0.250. The number of rotatable bonds is 3. The van der Waals surface area contributed by atoms with Crippen molar-refractivity contribution in [2.24, 2.45) is 5.41 Å². The Morgan fingerprint density at radius 2 is 2.09 bits per heavy atom. The molecule has 23 heavy (non-hydrogen) atoms. The van der Waals surface area contributed by atoms with E-state index in [0.717, 1.165) is 28.8 Å². The summed E-state index contributed by atoms with van der Waals surface area (Å²) in [5.74, 6) is 0.377. The Kier molecular flexibility index (Phi) is 4.89. The second-order valence-corrected chi connectivity index (χ2v) is 6.23. The lowest BCUT2D eigenvalue weighted by Gasteiger charge is -2.35. The highest BCUT2D eigenvalue weighted by atomic mass is 14.9. The molecule has 1 aliphatic heterocycles. The largest absolute Gasteiger partial charge is 0.374 e. The lowest BCUT2D eigenvalue weighted by atomic mass is 9.69. The van der Waals surface area contributed by atoms with E-state index in [4.69, 9.17) is 5.41 Å². The predicted molar refractivity (Wildman–Crippen MR) is 99.1 cm³/mol. The van der Waals surface area contributed by atoms with Crippen LogP contribution >= 0.6 is 0 Å². The van der Waals surface area contributed by atoms with Crippen LogP contribution in [-0.2, 0) is 0 Å². The van der Waals surface area contributed by atoms with Crippen LogP contribution in [0.1, 0.15) is 20.3 Å². The summed E-state index contributed by atoms with van der Waals surface area (Å²) in [6, 6.07) is 0. The van der Waals surface area contributed by atoms with Crippen molar-refractivity contribution in [3.05, 3.63) is 83.8 Å². The molecule has 0 aromatic heterocycles. The summed E-state index contributed by atoms with van der Waals surface area (Å²) >= 11 is 0. The molecule has 0 radical (unpaired) electrons. The third-order valence-electron chi connectivity index (χ3n) is 4.36. The Hall–Kier alpha value is -2.55. The summed E-state index contributed by atoms with van der Waals surface area (Å²) in [7, 11) is 1.76. The highest BCUT2D eigenvalue weighted by Crippen LogP contribution is 2.45. The van der Waals surface area contributed by atoms with E-state index in [-0.39, 0.29) is 5.41 Å². The van der Waals surface area contributed by atoms with Gasteiger partial charge in [-0.05, 0) is 42.2 Å². The van der Waals surface area contributed by atoms with Crippen molar-refractivity contribution >= 4 is 5.84 Å². The van der Waals surface area contributed by atoms with Gasteiger partial charge in [-0.25, -0.2) is 0 Å². The van der Waals surface area contributed by atoms with Gasteiger partial charge in [0.2, 0.25) is 0 Å². The number of dihydropyridines is 1. The zero-order chi connectivity index (χ0) is 17.0. The zero-order valence-corrected chi connectivity index (χ0v) is 14.2. The first-order valence-electron chi connectivity index (χ1n) is 7.72. The van der Waals surface area contributed by atoms with Gasteiger partial charge in [0.15, 0.2) is 0 Å². The average molecular weight is 307 g/mol. The van der Waals surface area contributed by atoms with Crippen LogP contribution in [0, 0.1) is 10.8 Å². The summed E-state index contributed by atoms with van der Waals surface area (Å²) in [5.41, 5.74) is 5.04. The molecule has 3 nitrogen and oxygen atoms in total. The Morgan fingerprint density at radius 3 is 2.70 bits per heavy atom. The van der Waals surface area contributed by atoms with E-state index in [1.807, 2.05) is 24.4 Å². The van der Waals surface area contributed by atoms with Gasteiger partial charge in [-0.2, -0.15) is 0 Å². The summed E-state index contributed by atoms with van der Waals surface area (Å²) in [6.07, 6.45) is 14.9. The van der Waals surface area contributed by atoms with E-state index in [2.05, 4.69) is 55.9 Å². The molecule has 3 N–H and O–H groups in total. The van der Waals surface area contributed by atoms with Gasteiger partial charge >= 0.3 is 0 Å². The normalized spacial score (nSPS) is 24.6. The van der Waals surface area contributed by atoms with Gasteiger partial charge < -0.3 is 10.6 Å². The van der Waals surface area contributed by atoms with Gasteiger partial charge in [-0.15, -0.1) is 0 Å². The Labute approximate surface area is 139 Å². The van der Waals surface area contributed by atoms with E-state index >= 15 is 0 Å². The average Bonchev–Trinajstić information content (AvgIpc) is 2.65. The van der Waals surface area contributed by atoms with Crippen molar-refractivity contribution in [3.8, 4) is 0 Å². The van der Waals surface area contributed by atoms with Crippen LogP contribution in [0.2, 0.25) is 0 Å². The molecule has 0 amide bonds. The molecular weight excluding hydrogens is 282 g/mol. The van der Waals surface area contributed by atoms with E-state index < -0.39 is 0 Å². The monoisotopic (exact) mass is 307 g/mol. The second-order valence-electron chi connectivity index (χ2n) is 6.23. The molecular formula is C20H25N3. The summed E-state index contributed by atoms with van der Waals surface area (Å²) in [6.45, 7) is 12.5. The maximum atomic E-state index is 8.06. The molecule has 1 unspecified atom stereocenters. The van der Waals surface area contributed by atoms with Crippen molar-refractivity contribution in [2.45, 2.75) is 20.3 Å². The van der Waals surface area contributed by atoms with Gasteiger partial charge in [0.25, 0.3) is 0 Å². The van der Waals surface area contributed by atoms with Crippen molar-refractivity contribution in [1.82, 2.24) is 10.6 Å². The number of hydrogen-bond acceptors (Lipinski definition) is 2. The number of amidine groups is 1. The Morgan fingerprint density at radius 1 is 1.35 bits per heavy atom. The molecule has 120 valence electrons. The molecule has 3 heteroatoms. The van der Waals surface area contributed by atoms with Crippen LogP contribution in [0.15, 0.2) is 83.8 Å². The van der Waals surface area contributed by atoms with Crippen molar-refractivity contribution in [3.63, 3.8) is 0 Å². The summed E-state index contributed by atoms with van der Waals surface area (Å²) < 4.78 is 0. The van der Waals surface area contributed by atoms with Crippen LogP contribution in [-0.4, -0.2) is 12.9 Å². The predicted octanol–water partition coefficient (Wildman–Crippen LogP) is 4.14. The summed E-state index contributed by atoms with van der Waals surface area (Å²) in [5, 5.41) is 14.1. The lowest BCUT2D eigenvalue weighted by molar-refractivity contribution is 0.496. The molecule has 0 aromatic rings. The fourth-order valence-electron chi connectivity index (χ4n) is 2.91. The third-order valence-corrected chi connectivity index (χ3v) is 4.36. The number of likely N-dealkylation sites (N-methyl/N-ethyl adjacent to an activating group) is 1. The maximum Gasteiger partial charge on any atom is 0.118 e. The zero-order valence-electron chi connectivity index (χ0n) is 14.2. The standard InChI is InChI=1S/C20H25N3/c1-14-7-6-8-15(2)20(4,12-14)18(11-19(21)22-5)17-10-9-16(3)23-13-17/h6-11,13,23H,2-3,12H2,1,4-5H3,(H2,21,22)/b18-11-. The maximum absolute atomic E-state index is 8.06. The second kappa shape index (κ2) is 6.69. The smallest absolute Gasteiger partial charge is 0.118 e. The molecule has 1 atom stereocenters. The van der Waals surface area contributed by atoms with E-state index in [9.17, 15) is 0 Å². The molecule has 0 fully saturated rings. The number of hydrogen-bond donors (Lipinski definition) is 3. The highest BCUT2D eigenvalue weighted by Gasteiger charge is 2.34. The third kappa shape index (κ3) is 3.62. The van der Waals surface area contributed by atoms with Crippen molar-refractivity contribution in [1.29, 1.82) is 5.41 Å². The number of nitrogens with one attached hydrogen (secondary N) is 3. The SMILES string of the molecule is C=C1C=CC(/C(=C/C(=N)NC)C2(C)CC(C)=CC=CC2=C)=CN1. The minimum Gasteiger partial charge on any atom is -0.374 e. The lowest BCUT2D eigenvalue weighted by Crippen LogP contribution is -2.26. The Bertz CT molecular complexity index is 698. The van der Waals surface area contributed by atoms with Crippen molar-refractivity contribution in [2.75, 3.05) is 7.05 Å². The number of allylic oxidation sites excluding steroid dienone is 9. The van der Waals surface area contributed by atoms with E-state index in [1.54, 1.807) is 7.05 Å². The van der Waals surface area contributed by atoms with Gasteiger partial charge in [0, 0.05) is 24.4 Å². The molecule has 0 saturated heterocycles. The molecule has 1 aliphatic carbocycles. The molecule has 1 heterocycles. The molecule has 2 rings (SSSR count). The highest BCUT2D eigenvalue weighted by molar-refractivity contribution is 5.92. The summed E-state index contributed by atoms with van der Waals surface area (Å²) in [4.78, 5) is 0. The van der Waals surface area contributed by atoms with Crippen LogP contribution in [0.3, 0.4) is 0 Å².